The molecular formula is C31H25ClF4N6O4. The zero-order chi connectivity index (χ0) is 32.5. The molecule has 0 bridgehead atoms. The monoisotopic (exact) mass is 656 g/mol. The first kappa shape index (κ1) is 30.1. The second kappa shape index (κ2) is 10.7. The lowest BCUT2D eigenvalue weighted by Gasteiger charge is -2.32. The first-order chi connectivity index (χ1) is 21.9. The van der Waals surface area contributed by atoms with E-state index in [1.54, 1.807) is 9.58 Å². The fourth-order valence-corrected chi connectivity index (χ4v) is 6.89. The van der Waals surface area contributed by atoms with Crippen LogP contribution >= 0.6 is 11.6 Å². The van der Waals surface area contributed by atoms with Gasteiger partial charge in [-0.3, -0.25) is 9.59 Å². The van der Waals surface area contributed by atoms with Crippen LogP contribution in [0.1, 0.15) is 62.6 Å². The number of rotatable bonds is 5. The molecule has 1 saturated carbocycles. The highest BCUT2D eigenvalue weighted by Gasteiger charge is 2.65. The number of hydrogen-bond donors (Lipinski definition) is 1. The van der Waals surface area contributed by atoms with Crippen LogP contribution < -0.4 is 0 Å². The molecule has 1 amide bonds. The van der Waals surface area contributed by atoms with E-state index < -0.39 is 35.2 Å². The lowest BCUT2D eigenvalue weighted by Crippen LogP contribution is -2.43. The third-order valence-corrected chi connectivity index (χ3v) is 9.56. The zero-order valence-electron chi connectivity index (χ0n) is 24.0. The molecule has 10 nitrogen and oxygen atoms in total. The van der Waals surface area contributed by atoms with E-state index in [4.69, 9.17) is 11.6 Å². The number of alkyl halides is 3. The molecule has 238 valence electrons. The number of aromatic nitrogens is 5. The SMILES string of the molecule is O=C(O)c1ccc(-c2nn(C(=O)c3c(Cl)cccc3C3(C(F)(F)F)CC3)c3c2CCC(C(=O)N2CCn4ncnc4C2)C3)c(F)c1. The minimum atomic E-state index is -4.63. The zero-order valence-corrected chi connectivity index (χ0v) is 24.8. The van der Waals surface area contributed by atoms with Crippen molar-refractivity contribution < 1.29 is 37.1 Å². The van der Waals surface area contributed by atoms with Gasteiger partial charge < -0.3 is 10.0 Å². The third kappa shape index (κ3) is 4.77. The van der Waals surface area contributed by atoms with Gasteiger partial charge in [0.15, 0.2) is 0 Å². The number of halogens is 5. The maximum absolute atomic E-state index is 15.3. The number of aromatic carboxylic acids is 1. The topological polar surface area (TPSA) is 123 Å². The van der Waals surface area contributed by atoms with Crippen LogP contribution in [0.25, 0.3) is 11.3 Å². The van der Waals surface area contributed by atoms with E-state index in [1.165, 1.54) is 36.7 Å². The van der Waals surface area contributed by atoms with Gasteiger partial charge in [0.05, 0.1) is 46.0 Å². The van der Waals surface area contributed by atoms with Crippen molar-refractivity contribution in [3.05, 3.63) is 87.3 Å². The summed E-state index contributed by atoms with van der Waals surface area (Å²) in [5.41, 5.74) is -2.48. The van der Waals surface area contributed by atoms with Crippen molar-refractivity contribution in [3.63, 3.8) is 0 Å². The van der Waals surface area contributed by atoms with Crippen molar-refractivity contribution in [1.29, 1.82) is 0 Å². The number of nitrogens with zero attached hydrogens (tertiary/aromatic N) is 6. The average molecular weight is 657 g/mol. The fraction of sp³-hybridized carbons (Fsp3) is 0.355. The molecule has 0 radical (unpaired) electrons. The predicted molar refractivity (Wildman–Crippen MR) is 154 cm³/mol. The Morgan fingerprint density at radius 1 is 1.09 bits per heavy atom. The van der Waals surface area contributed by atoms with E-state index in [-0.39, 0.29) is 76.8 Å². The van der Waals surface area contributed by atoms with Crippen molar-refractivity contribution in [2.75, 3.05) is 6.54 Å². The highest BCUT2D eigenvalue weighted by Crippen LogP contribution is 2.60. The van der Waals surface area contributed by atoms with E-state index >= 15 is 4.39 Å². The molecule has 7 rings (SSSR count). The Hall–Kier alpha value is -4.59. The Balaban J connectivity index is 1.32. The van der Waals surface area contributed by atoms with Gasteiger partial charge in [0.25, 0.3) is 5.91 Å². The summed E-state index contributed by atoms with van der Waals surface area (Å²) in [7, 11) is 0. The molecule has 1 N–H and O–H groups in total. The van der Waals surface area contributed by atoms with Gasteiger partial charge in [-0.1, -0.05) is 23.7 Å². The van der Waals surface area contributed by atoms with E-state index in [0.29, 0.717) is 30.9 Å². The molecule has 3 heterocycles. The lowest BCUT2D eigenvalue weighted by molar-refractivity contribution is -0.160. The molecule has 2 aromatic heterocycles. The smallest absolute Gasteiger partial charge is 0.398 e. The minimum absolute atomic E-state index is 0.00905. The Bertz CT molecular complexity index is 1930. The minimum Gasteiger partial charge on any atom is -0.478 e. The molecule has 1 aliphatic heterocycles. The number of benzene rings is 2. The van der Waals surface area contributed by atoms with Gasteiger partial charge in [-0.15, -0.1) is 0 Å². The predicted octanol–water partition coefficient (Wildman–Crippen LogP) is 5.06. The van der Waals surface area contributed by atoms with Crippen LogP contribution in [0.3, 0.4) is 0 Å². The second-order valence-electron chi connectivity index (χ2n) is 11.8. The van der Waals surface area contributed by atoms with Gasteiger partial charge >= 0.3 is 12.1 Å². The van der Waals surface area contributed by atoms with Crippen LogP contribution in [-0.4, -0.2) is 65.1 Å². The summed E-state index contributed by atoms with van der Waals surface area (Å²) in [6.07, 6.45) is -3.08. The van der Waals surface area contributed by atoms with Crippen LogP contribution in [0.4, 0.5) is 17.6 Å². The summed E-state index contributed by atoms with van der Waals surface area (Å²) in [6, 6.07) is 7.19. The molecule has 2 aliphatic carbocycles. The number of carbonyl (C=O) groups is 3. The first-order valence-electron chi connectivity index (χ1n) is 14.6. The summed E-state index contributed by atoms with van der Waals surface area (Å²) in [6.45, 7) is 1.10. The molecule has 4 aromatic rings. The van der Waals surface area contributed by atoms with Crippen molar-refractivity contribution in [1.82, 2.24) is 29.4 Å². The molecule has 1 atom stereocenters. The van der Waals surface area contributed by atoms with E-state index in [1.807, 2.05) is 0 Å². The first-order valence-corrected chi connectivity index (χ1v) is 15.0. The van der Waals surface area contributed by atoms with Crippen molar-refractivity contribution in [2.45, 2.75) is 56.8 Å². The molecule has 0 saturated heterocycles. The molecule has 3 aliphatic rings. The highest BCUT2D eigenvalue weighted by atomic mass is 35.5. The average Bonchev–Trinajstić information content (AvgIpc) is 3.58. The molecule has 15 heteroatoms. The Labute approximate surface area is 263 Å². The molecule has 1 fully saturated rings. The van der Waals surface area contributed by atoms with Crippen LogP contribution in [0.15, 0.2) is 42.7 Å². The quantitative estimate of drug-likeness (QED) is 0.298. The molecule has 1 unspecified atom stereocenters. The van der Waals surface area contributed by atoms with E-state index in [9.17, 15) is 32.7 Å². The largest absolute Gasteiger partial charge is 0.478 e. The summed E-state index contributed by atoms with van der Waals surface area (Å²) in [5, 5.41) is 17.7. The number of fused-ring (bicyclic) bond motifs is 2. The fourth-order valence-electron chi connectivity index (χ4n) is 6.63. The van der Waals surface area contributed by atoms with Crippen molar-refractivity contribution in [2.24, 2.45) is 5.92 Å². The van der Waals surface area contributed by atoms with Gasteiger partial charge in [-0.25, -0.2) is 18.9 Å². The Kier molecular flexibility index (Phi) is 7.03. The van der Waals surface area contributed by atoms with Crippen LogP contribution in [0.2, 0.25) is 5.02 Å². The maximum atomic E-state index is 15.3. The third-order valence-electron chi connectivity index (χ3n) is 9.24. The van der Waals surface area contributed by atoms with Gasteiger partial charge in [0, 0.05) is 30.0 Å². The van der Waals surface area contributed by atoms with Crippen LogP contribution in [0, 0.1) is 11.7 Å². The standard InChI is InChI=1S/C31H25ClF4N6O4/c32-21-3-1-2-20(30(8-9-30)31(34,35)36)25(21)28(44)42-23-13-16(27(43)40-10-11-41-24(14-40)37-15-38-41)4-7-19(23)26(39-42)18-6-5-17(29(45)46)12-22(18)33/h1-3,5-6,12,15-16H,4,7-11,13-14H2,(H,45,46). The number of carboxylic acid groups (broad SMARTS) is 1. The van der Waals surface area contributed by atoms with Gasteiger partial charge in [-0.05, 0) is 55.5 Å². The summed E-state index contributed by atoms with van der Waals surface area (Å²) >= 11 is 6.43. The van der Waals surface area contributed by atoms with Gasteiger partial charge in [-0.2, -0.15) is 28.1 Å². The van der Waals surface area contributed by atoms with Gasteiger partial charge in [0.2, 0.25) is 5.91 Å². The number of amides is 1. The van der Waals surface area contributed by atoms with Crippen molar-refractivity contribution >= 4 is 29.4 Å². The number of carboxylic acids is 1. The maximum Gasteiger partial charge on any atom is 0.398 e. The summed E-state index contributed by atoms with van der Waals surface area (Å²) in [5.74, 6) is -3.33. The summed E-state index contributed by atoms with van der Waals surface area (Å²) < 4.78 is 60.8. The Morgan fingerprint density at radius 2 is 1.87 bits per heavy atom. The number of carbonyl (C=O) groups excluding carboxylic acids is 2. The Morgan fingerprint density at radius 3 is 2.57 bits per heavy atom. The van der Waals surface area contributed by atoms with E-state index in [2.05, 4.69) is 15.2 Å². The van der Waals surface area contributed by atoms with E-state index in [0.717, 1.165) is 10.7 Å². The normalized spacial score (nSPS) is 18.5. The number of hydrogen-bond acceptors (Lipinski definition) is 6. The second-order valence-corrected chi connectivity index (χ2v) is 12.2. The molecule has 0 spiro atoms. The molecule has 46 heavy (non-hydrogen) atoms. The van der Waals surface area contributed by atoms with Crippen LogP contribution in [0.5, 0.6) is 0 Å². The highest BCUT2D eigenvalue weighted by molar-refractivity contribution is 6.34. The van der Waals surface area contributed by atoms with Crippen LogP contribution in [-0.2, 0) is 36.1 Å². The lowest BCUT2D eigenvalue weighted by atomic mass is 9.84. The molecule has 2 aromatic carbocycles. The summed E-state index contributed by atoms with van der Waals surface area (Å²) in [4.78, 5) is 45.3. The molecular weight excluding hydrogens is 632 g/mol. The van der Waals surface area contributed by atoms with Gasteiger partial charge in [0.1, 0.15) is 18.0 Å². The van der Waals surface area contributed by atoms with Crippen molar-refractivity contribution in [3.8, 4) is 11.3 Å².